The molecule has 0 saturated carbocycles. The molecule has 0 aromatic heterocycles. The maximum Gasteiger partial charge on any atom is 0.264 e. The van der Waals surface area contributed by atoms with Crippen LogP contribution in [0.1, 0.15) is 28.8 Å². The van der Waals surface area contributed by atoms with Crippen LogP contribution in [0.3, 0.4) is 0 Å². The third-order valence-corrected chi connectivity index (χ3v) is 8.02. The highest BCUT2D eigenvalue weighted by Crippen LogP contribution is 2.29. The highest BCUT2D eigenvalue weighted by molar-refractivity contribution is 7.92. The van der Waals surface area contributed by atoms with Gasteiger partial charge in [0.05, 0.1) is 27.9 Å². The summed E-state index contributed by atoms with van der Waals surface area (Å²) >= 11 is 6.09. The molecular formula is C27H28ClN3O5S. The maximum atomic E-state index is 13.6. The van der Waals surface area contributed by atoms with Crippen molar-refractivity contribution in [3.05, 3.63) is 88.9 Å². The minimum atomic E-state index is -4.09. The molecule has 1 fully saturated rings. The molecule has 1 heterocycles. The fraction of sp³-hybridized carbons (Fsp3) is 0.259. The van der Waals surface area contributed by atoms with E-state index in [1.807, 2.05) is 0 Å². The number of aryl methyl sites for hydroxylation is 1. The molecule has 3 aromatic carbocycles. The van der Waals surface area contributed by atoms with Gasteiger partial charge in [-0.1, -0.05) is 41.9 Å². The summed E-state index contributed by atoms with van der Waals surface area (Å²) in [6, 6.07) is 19.2. The van der Waals surface area contributed by atoms with E-state index >= 15 is 0 Å². The summed E-state index contributed by atoms with van der Waals surface area (Å²) < 4.78 is 33.8. The van der Waals surface area contributed by atoms with Crippen molar-refractivity contribution in [2.24, 2.45) is 0 Å². The second kappa shape index (κ2) is 11.8. The average Bonchev–Trinajstić information content (AvgIpc) is 3.41. The van der Waals surface area contributed by atoms with Crippen molar-refractivity contribution >= 4 is 44.8 Å². The number of hydrogen-bond acceptors (Lipinski definition) is 5. The van der Waals surface area contributed by atoms with Crippen LogP contribution in [0.15, 0.2) is 77.7 Å². The number of nitrogens with one attached hydrogen (secondary N) is 2. The van der Waals surface area contributed by atoms with Crippen molar-refractivity contribution < 1.29 is 22.7 Å². The summed E-state index contributed by atoms with van der Waals surface area (Å²) in [6.45, 7) is 2.27. The second-order valence-electron chi connectivity index (χ2n) is 8.69. The van der Waals surface area contributed by atoms with Gasteiger partial charge in [-0.2, -0.15) is 0 Å². The Kier molecular flexibility index (Phi) is 8.48. The molecule has 1 aliphatic rings. The van der Waals surface area contributed by atoms with Gasteiger partial charge in [-0.3, -0.25) is 13.9 Å². The molecule has 10 heteroatoms. The Morgan fingerprint density at radius 3 is 2.49 bits per heavy atom. The molecular weight excluding hydrogens is 514 g/mol. The number of benzene rings is 3. The van der Waals surface area contributed by atoms with Crippen LogP contribution in [0.5, 0.6) is 0 Å². The second-order valence-corrected chi connectivity index (χ2v) is 11.0. The monoisotopic (exact) mass is 541 g/mol. The number of rotatable bonds is 9. The molecule has 37 heavy (non-hydrogen) atoms. The van der Waals surface area contributed by atoms with Gasteiger partial charge in [0.2, 0.25) is 5.91 Å². The fourth-order valence-electron chi connectivity index (χ4n) is 4.14. The van der Waals surface area contributed by atoms with Crippen molar-refractivity contribution in [3.8, 4) is 0 Å². The zero-order chi connectivity index (χ0) is 26.4. The van der Waals surface area contributed by atoms with E-state index in [1.165, 1.54) is 12.1 Å². The van der Waals surface area contributed by atoms with Gasteiger partial charge in [-0.05, 0) is 67.8 Å². The fourth-order valence-corrected chi connectivity index (χ4v) is 5.87. The highest BCUT2D eigenvalue weighted by atomic mass is 35.5. The Balaban J connectivity index is 1.57. The molecule has 0 unspecified atom stereocenters. The first kappa shape index (κ1) is 26.7. The smallest absolute Gasteiger partial charge is 0.264 e. The lowest BCUT2D eigenvalue weighted by Crippen LogP contribution is -2.39. The van der Waals surface area contributed by atoms with Gasteiger partial charge in [0, 0.05) is 18.2 Å². The highest BCUT2D eigenvalue weighted by Gasteiger charge is 2.29. The largest absolute Gasteiger partial charge is 0.376 e. The van der Waals surface area contributed by atoms with Gasteiger partial charge in [-0.15, -0.1) is 0 Å². The predicted molar refractivity (Wildman–Crippen MR) is 144 cm³/mol. The first-order chi connectivity index (χ1) is 17.8. The molecule has 194 valence electrons. The van der Waals surface area contributed by atoms with Crippen LogP contribution >= 0.6 is 11.6 Å². The SMILES string of the molecule is Cc1cc(Cl)ccc1N(CC(=O)Nc1ccccc1C(=O)NC[C@@H]1CCCO1)S(=O)(=O)c1ccccc1. The van der Waals surface area contributed by atoms with E-state index < -0.39 is 22.5 Å². The minimum absolute atomic E-state index is 0.0231. The van der Waals surface area contributed by atoms with Gasteiger partial charge in [-0.25, -0.2) is 8.42 Å². The number of anilines is 2. The molecule has 2 amide bonds. The van der Waals surface area contributed by atoms with E-state index in [0.717, 1.165) is 17.1 Å². The minimum Gasteiger partial charge on any atom is -0.376 e. The topological polar surface area (TPSA) is 105 Å². The Morgan fingerprint density at radius 2 is 1.78 bits per heavy atom. The molecule has 0 spiro atoms. The molecule has 0 bridgehead atoms. The van der Waals surface area contributed by atoms with Crippen LogP contribution in [0, 0.1) is 6.92 Å². The van der Waals surface area contributed by atoms with Gasteiger partial charge in [0.1, 0.15) is 6.54 Å². The normalized spacial score (nSPS) is 15.2. The summed E-state index contributed by atoms with van der Waals surface area (Å²) in [5.41, 5.74) is 1.47. The summed E-state index contributed by atoms with van der Waals surface area (Å²) in [7, 11) is -4.09. The van der Waals surface area contributed by atoms with Crippen molar-refractivity contribution in [2.75, 3.05) is 29.3 Å². The van der Waals surface area contributed by atoms with Crippen molar-refractivity contribution in [1.29, 1.82) is 0 Å². The molecule has 0 radical (unpaired) electrons. The molecule has 1 aliphatic heterocycles. The van der Waals surface area contributed by atoms with Gasteiger partial charge < -0.3 is 15.4 Å². The quantitative estimate of drug-likeness (QED) is 0.418. The van der Waals surface area contributed by atoms with E-state index in [4.69, 9.17) is 16.3 Å². The lowest BCUT2D eigenvalue weighted by Gasteiger charge is -2.26. The summed E-state index contributed by atoms with van der Waals surface area (Å²) in [4.78, 5) is 26.1. The number of ether oxygens (including phenoxy) is 1. The molecule has 1 saturated heterocycles. The number of carbonyl (C=O) groups is 2. The van der Waals surface area contributed by atoms with Crippen LogP contribution in [-0.2, 0) is 19.6 Å². The Bertz CT molecular complexity index is 1380. The Labute approximate surface area is 221 Å². The number of halogens is 1. The first-order valence-corrected chi connectivity index (χ1v) is 13.7. The van der Waals surface area contributed by atoms with Crippen molar-refractivity contribution in [2.45, 2.75) is 30.8 Å². The third-order valence-electron chi connectivity index (χ3n) is 6.01. The van der Waals surface area contributed by atoms with E-state index in [2.05, 4.69) is 10.6 Å². The van der Waals surface area contributed by atoms with Crippen molar-refractivity contribution in [1.82, 2.24) is 5.32 Å². The lowest BCUT2D eigenvalue weighted by molar-refractivity contribution is -0.114. The van der Waals surface area contributed by atoms with Crippen LogP contribution < -0.4 is 14.9 Å². The average molecular weight is 542 g/mol. The number of carbonyl (C=O) groups excluding carboxylic acids is 2. The number of sulfonamides is 1. The van der Waals surface area contributed by atoms with Crippen LogP contribution in [0.2, 0.25) is 5.02 Å². The maximum absolute atomic E-state index is 13.6. The summed E-state index contributed by atoms with van der Waals surface area (Å²) in [6.07, 6.45) is 1.82. The lowest BCUT2D eigenvalue weighted by atomic mass is 10.1. The molecule has 2 N–H and O–H groups in total. The number of hydrogen-bond donors (Lipinski definition) is 2. The van der Waals surface area contributed by atoms with Crippen LogP contribution in [0.25, 0.3) is 0 Å². The Morgan fingerprint density at radius 1 is 1.05 bits per heavy atom. The Hall–Kier alpha value is -3.40. The number of para-hydroxylation sites is 1. The summed E-state index contributed by atoms with van der Waals surface area (Å²) in [5.74, 6) is -0.957. The first-order valence-electron chi connectivity index (χ1n) is 11.9. The zero-order valence-corrected chi connectivity index (χ0v) is 21.9. The van der Waals surface area contributed by atoms with Crippen LogP contribution in [0.4, 0.5) is 11.4 Å². The van der Waals surface area contributed by atoms with Gasteiger partial charge in [0.15, 0.2) is 0 Å². The van der Waals surface area contributed by atoms with Crippen molar-refractivity contribution in [3.63, 3.8) is 0 Å². The van der Waals surface area contributed by atoms with E-state index in [1.54, 1.807) is 67.6 Å². The zero-order valence-electron chi connectivity index (χ0n) is 20.3. The standard InChI is InChI=1S/C27H28ClN3O5S/c1-19-16-20(28)13-14-25(19)31(37(34,35)22-9-3-2-4-10-22)18-26(32)30-24-12-6-5-11-23(24)27(33)29-17-21-8-7-15-36-21/h2-6,9-14,16,21H,7-8,15,17-18H2,1H3,(H,29,33)(H,30,32)/t21-/m0/s1. The van der Waals surface area contributed by atoms with E-state index in [0.29, 0.717) is 29.4 Å². The predicted octanol–water partition coefficient (Wildman–Crippen LogP) is 4.39. The summed E-state index contributed by atoms with van der Waals surface area (Å²) in [5, 5.41) is 6.01. The molecule has 4 rings (SSSR count). The van der Waals surface area contributed by atoms with E-state index in [-0.39, 0.29) is 28.2 Å². The molecule has 1 atom stereocenters. The molecule has 0 aliphatic carbocycles. The van der Waals surface area contributed by atoms with Gasteiger partial charge >= 0.3 is 0 Å². The van der Waals surface area contributed by atoms with E-state index in [9.17, 15) is 18.0 Å². The molecule has 3 aromatic rings. The van der Waals surface area contributed by atoms with Gasteiger partial charge in [0.25, 0.3) is 15.9 Å². The number of amides is 2. The van der Waals surface area contributed by atoms with Crippen LogP contribution in [-0.4, -0.2) is 46.0 Å². The molecule has 8 nitrogen and oxygen atoms in total. The number of nitrogens with zero attached hydrogens (tertiary/aromatic N) is 1. The third kappa shape index (κ3) is 6.49.